The first-order valence-corrected chi connectivity index (χ1v) is 10.8. The Balaban J connectivity index is 0.00000218. The van der Waals surface area contributed by atoms with Crippen molar-refractivity contribution in [3.05, 3.63) is 47.8 Å². The van der Waals surface area contributed by atoms with E-state index in [9.17, 15) is 4.79 Å². The van der Waals surface area contributed by atoms with Gasteiger partial charge in [-0.3, -0.25) is 4.79 Å². The summed E-state index contributed by atoms with van der Waals surface area (Å²) in [5.74, 6) is 0.991. The van der Waals surface area contributed by atoms with Gasteiger partial charge in [-0.1, -0.05) is 30.3 Å². The van der Waals surface area contributed by atoms with Gasteiger partial charge >= 0.3 is 0 Å². The molecular weight excluding hydrogens is 400 g/mol. The number of fused-ring (bicyclic) bond motifs is 2. The number of carbonyl (C=O) groups is 1. The number of benzene rings is 1. The molecule has 0 saturated carbocycles. The zero-order chi connectivity index (χ0) is 19.8. The van der Waals surface area contributed by atoms with E-state index in [0.717, 1.165) is 62.3 Å². The monoisotopic (exact) mass is 428 g/mol. The largest absolute Gasteiger partial charge is 0.368 e. The number of nitrogens with zero attached hydrogens (tertiary/aromatic N) is 3. The lowest BCUT2D eigenvalue weighted by Gasteiger charge is -2.44. The van der Waals surface area contributed by atoms with E-state index in [2.05, 4.69) is 17.2 Å². The van der Waals surface area contributed by atoms with E-state index in [4.69, 9.17) is 9.72 Å². The van der Waals surface area contributed by atoms with E-state index in [1.165, 1.54) is 5.56 Å². The summed E-state index contributed by atoms with van der Waals surface area (Å²) in [7, 11) is 0. The molecule has 1 amide bonds. The molecule has 4 heterocycles. The van der Waals surface area contributed by atoms with Gasteiger partial charge in [0.1, 0.15) is 5.60 Å². The molecule has 1 aromatic carbocycles. The number of nitrogens with one attached hydrogen (secondary N) is 1. The maximum Gasteiger partial charge on any atom is 0.239 e. The standard InChI is InChI=1S/C23H28N4O2.ClH/c1-16-7-8-19(25-16)22(28)27-12-10-23(11-13-27)20-18(9-14-29-23)15-24-21(26-20)17-5-3-2-4-6-17;/h2-6,15-16,19,25H,7-14H2,1H3;1H/t16-,19-;/m0./s1. The maximum absolute atomic E-state index is 12.9. The lowest BCUT2D eigenvalue weighted by atomic mass is 9.83. The summed E-state index contributed by atoms with van der Waals surface area (Å²) in [4.78, 5) is 24.5. The first-order valence-electron chi connectivity index (χ1n) is 10.8. The van der Waals surface area contributed by atoms with Gasteiger partial charge in [0, 0.05) is 30.9 Å². The predicted octanol–water partition coefficient (Wildman–Crippen LogP) is 3.10. The first-order chi connectivity index (χ1) is 14.1. The molecule has 1 aromatic heterocycles. The van der Waals surface area contributed by atoms with Crippen LogP contribution < -0.4 is 5.32 Å². The van der Waals surface area contributed by atoms with Gasteiger partial charge in [0.15, 0.2) is 5.82 Å². The molecule has 0 bridgehead atoms. The number of hydrogen-bond acceptors (Lipinski definition) is 5. The van der Waals surface area contributed by atoms with Crippen LogP contribution in [0.2, 0.25) is 0 Å². The molecule has 1 N–H and O–H groups in total. The third-order valence-corrected chi connectivity index (χ3v) is 6.63. The van der Waals surface area contributed by atoms with Gasteiger partial charge in [0.25, 0.3) is 0 Å². The predicted molar refractivity (Wildman–Crippen MR) is 117 cm³/mol. The molecule has 6 nitrogen and oxygen atoms in total. The number of carbonyl (C=O) groups excluding carboxylic acids is 1. The van der Waals surface area contributed by atoms with Crippen LogP contribution in [-0.4, -0.2) is 52.6 Å². The van der Waals surface area contributed by atoms with Crippen LogP contribution in [0.1, 0.15) is 43.9 Å². The van der Waals surface area contributed by atoms with Crippen molar-refractivity contribution in [3.8, 4) is 11.4 Å². The summed E-state index contributed by atoms with van der Waals surface area (Å²) in [6.07, 6.45) is 6.41. The highest BCUT2D eigenvalue weighted by Gasteiger charge is 2.44. The molecule has 0 aliphatic carbocycles. The molecule has 7 heteroatoms. The molecule has 160 valence electrons. The minimum absolute atomic E-state index is 0. The average molecular weight is 429 g/mol. The number of piperidine rings is 1. The molecule has 2 fully saturated rings. The zero-order valence-corrected chi connectivity index (χ0v) is 18.2. The quantitative estimate of drug-likeness (QED) is 0.796. The van der Waals surface area contributed by atoms with Crippen molar-refractivity contribution in [1.82, 2.24) is 20.2 Å². The van der Waals surface area contributed by atoms with Gasteiger partial charge in [-0.15, -0.1) is 12.4 Å². The highest BCUT2D eigenvalue weighted by molar-refractivity contribution is 5.85. The summed E-state index contributed by atoms with van der Waals surface area (Å²) in [6, 6.07) is 10.5. The topological polar surface area (TPSA) is 67.4 Å². The van der Waals surface area contributed by atoms with Gasteiger partial charge in [-0.25, -0.2) is 9.97 Å². The Morgan fingerprint density at radius 3 is 2.67 bits per heavy atom. The Labute approximate surface area is 183 Å². The molecule has 2 atom stereocenters. The van der Waals surface area contributed by atoms with Crippen molar-refractivity contribution in [2.75, 3.05) is 19.7 Å². The molecule has 0 unspecified atom stereocenters. The van der Waals surface area contributed by atoms with Gasteiger partial charge in [-0.05, 0) is 44.6 Å². The molecule has 2 saturated heterocycles. The minimum Gasteiger partial charge on any atom is -0.368 e. The van der Waals surface area contributed by atoms with Gasteiger partial charge in [0.05, 0.1) is 18.3 Å². The number of likely N-dealkylation sites (tertiary alicyclic amines) is 1. The number of rotatable bonds is 2. The Hall–Kier alpha value is -2.02. The van der Waals surface area contributed by atoms with Crippen molar-refractivity contribution >= 4 is 18.3 Å². The van der Waals surface area contributed by atoms with E-state index in [0.29, 0.717) is 12.6 Å². The molecule has 30 heavy (non-hydrogen) atoms. The number of amides is 1. The SMILES string of the molecule is C[C@H]1CC[C@@H](C(=O)N2CCC3(CC2)OCCc2cnc(-c4ccccc4)nc23)N1.Cl. The van der Waals surface area contributed by atoms with Crippen LogP contribution >= 0.6 is 12.4 Å². The van der Waals surface area contributed by atoms with Crippen LogP contribution in [0.5, 0.6) is 0 Å². The minimum atomic E-state index is -0.396. The first kappa shape index (κ1) is 21.2. The number of aromatic nitrogens is 2. The Morgan fingerprint density at radius 1 is 1.20 bits per heavy atom. The Morgan fingerprint density at radius 2 is 1.97 bits per heavy atom. The van der Waals surface area contributed by atoms with Crippen LogP contribution in [0.25, 0.3) is 11.4 Å². The highest BCUT2D eigenvalue weighted by atomic mass is 35.5. The van der Waals surface area contributed by atoms with E-state index in [-0.39, 0.29) is 24.4 Å². The fraction of sp³-hybridized carbons (Fsp3) is 0.522. The fourth-order valence-corrected chi connectivity index (χ4v) is 4.95. The number of halogens is 1. The summed E-state index contributed by atoms with van der Waals surface area (Å²) in [5.41, 5.74) is 2.83. The molecule has 5 rings (SSSR count). The van der Waals surface area contributed by atoms with Gasteiger partial charge < -0.3 is 15.0 Å². The van der Waals surface area contributed by atoms with Crippen LogP contribution in [0.15, 0.2) is 36.5 Å². The molecule has 2 aromatic rings. The zero-order valence-electron chi connectivity index (χ0n) is 17.3. The Bertz CT molecular complexity index is 899. The Kier molecular flexibility index (Phi) is 6.09. The molecule has 3 aliphatic rings. The van der Waals surface area contributed by atoms with Crippen LogP contribution in [0.3, 0.4) is 0 Å². The van der Waals surface area contributed by atoms with Gasteiger partial charge in [0.2, 0.25) is 5.91 Å². The third-order valence-electron chi connectivity index (χ3n) is 6.63. The second-order valence-corrected chi connectivity index (χ2v) is 8.55. The third kappa shape index (κ3) is 3.84. The molecule has 0 radical (unpaired) electrons. The van der Waals surface area contributed by atoms with Crippen LogP contribution in [-0.2, 0) is 21.6 Å². The van der Waals surface area contributed by atoms with Crippen molar-refractivity contribution < 1.29 is 9.53 Å². The number of ether oxygens (including phenoxy) is 1. The lowest BCUT2D eigenvalue weighted by molar-refractivity contribution is -0.143. The van der Waals surface area contributed by atoms with Crippen molar-refractivity contribution in [1.29, 1.82) is 0 Å². The van der Waals surface area contributed by atoms with Crippen LogP contribution in [0, 0.1) is 0 Å². The maximum atomic E-state index is 12.9. The smallest absolute Gasteiger partial charge is 0.239 e. The fourth-order valence-electron chi connectivity index (χ4n) is 4.95. The van der Waals surface area contributed by atoms with E-state index in [1.807, 2.05) is 41.4 Å². The molecule has 1 spiro atoms. The normalized spacial score (nSPS) is 24.9. The highest BCUT2D eigenvalue weighted by Crippen LogP contribution is 2.41. The van der Waals surface area contributed by atoms with Gasteiger partial charge in [-0.2, -0.15) is 0 Å². The van der Waals surface area contributed by atoms with Crippen molar-refractivity contribution in [2.24, 2.45) is 0 Å². The molecular formula is C23H29ClN4O2. The van der Waals surface area contributed by atoms with E-state index in [1.54, 1.807) is 0 Å². The number of hydrogen-bond donors (Lipinski definition) is 1. The summed E-state index contributed by atoms with van der Waals surface area (Å²) in [6.45, 7) is 4.27. The lowest BCUT2D eigenvalue weighted by Crippen LogP contribution is -2.52. The van der Waals surface area contributed by atoms with Crippen molar-refractivity contribution in [3.63, 3.8) is 0 Å². The molecule has 3 aliphatic heterocycles. The van der Waals surface area contributed by atoms with E-state index >= 15 is 0 Å². The second-order valence-electron chi connectivity index (χ2n) is 8.55. The van der Waals surface area contributed by atoms with Crippen molar-refractivity contribution in [2.45, 2.75) is 56.7 Å². The summed E-state index contributed by atoms with van der Waals surface area (Å²) >= 11 is 0. The van der Waals surface area contributed by atoms with E-state index < -0.39 is 5.60 Å². The van der Waals surface area contributed by atoms with Crippen LogP contribution in [0.4, 0.5) is 0 Å². The summed E-state index contributed by atoms with van der Waals surface area (Å²) in [5, 5.41) is 3.42. The second kappa shape index (κ2) is 8.61. The average Bonchev–Trinajstić information content (AvgIpc) is 3.21. The summed E-state index contributed by atoms with van der Waals surface area (Å²) < 4.78 is 6.35.